The van der Waals surface area contributed by atoms with Crippen molar-refractivity contribution in [1.29, 1.82) is 0 Å². The number of hydrogen-bond acceptors (Lipinski definition) is 3. The average molecular weight is 240 g/mol. The first-order chi connectivity index (χ1) is 8.81. The third kappa shape index (κ3) is 1.56. The van der Waals surface area contributed by atoms with Gasteiger partial charge in [0.15, 0.2) is 6.10 Å². The van der Waals surface area contributed by atoms with Crippen LogP contribution in [-0.4, -0.2) is 13.1 Å². The number of hydrogen-bond donors (Lipinski definition) is 0. The lowest BCUT2D eigenvalue weighted by Crippen LogP contribution is -2.01. The van der Waals surface area contributed by atoms with Gasteiger partial charge in [-0.3, -0.25) is 0 Å². The van der Waals surface area contributed by atoms with Crippen molar-refractivity contribution in [3.63, 3.8) is 0 Å². The van der Waals surface area contributed by atoms with Crippen molar-refractivity contribution in [2.24, 2.45) is 0 Å². The van der Waals surface area contributed by atoms with Gasteiger partial charge >= 0.3 is 5.97 Å². The molecule has 1 aliphatic rings. The van der Waals surface area contributed by atoms with Crippen LogP contribution in [0.1, 0.15) is 27.6 Å². The maximum atomic E-state index is 11.8. The predicted molar refractivity (Wildman–Crippen MR) is 66.7 cm³/mol. The molecular formula is C15H12O3. The van der Waals surface area contributed by atoms with Gasteiger partial charge < -0.3 is 9.47 Å². The molecule has 1 aliphatic heterocycles. The molecule has 0 amide bonds. The second-order valence-electron chi connectivity index (χ2n) is 4.12. The molecule has 0 N–H and O–H groups in total. The van der Waals surface area contributed by atoms with E-state index in [1.807, 2.05) is 36.4 Å². The Morgan fingerprint density at radius 1 is 1.06 bits per heavy atom. The van der Waals surface area contributed by atoms with Crippen molar-refractivity contribution in [1.82, 2.24) is 0 Å². The summed E-state index contributed by atoms with van der Waals surface area (Å²) in [6, 6.07) is 15.1. The summed E-state index contributed by atoms with van der Waals surface area (Å²) in [4.78, 5) is 11.8. The summed E-state index contributed by atoms with van der Waals surface area (Å²) in [5.74, 6) is 0.393. The van der Waals surface area contributed by atoms with Gasteiger partial charge in [-0.2, -0.15) is 0 Å². The van der Waals surface area contributed by atoms with Crippen molar-refractivity contribution in [2.75, 3.05) is 7.11 Å². The molecule has 0 saturated carbocycles. The SMILES string of the molecule is COc1cccc2c1[C@@H](c1ccccc1)OC2=O. The third-order valence-electron chi connectivity index (χ3n) is 3.10. The maximum Gasteiger partial charge on any atom is 0.339 e. The third-order valence-corrected chi connectivity index (χ3v) is 3.10. The van der Waals surface area contributed by atoms with Crippen molar-refractivity contribution < 1.29 is 14.3 Å². The van der Waals surface area contributed by atoms with Gasteiger partial charge in [0.25, 0.3) is 0 Å². The number of ether oxygens (including phenoxy) is 2. The lowest BCUT2D eigenvalue weighted by Gasteiger charge is -2.13. The highest BCUT2D eigenvalue weighted by molar-refractivity contribution is 5.95. The van der Waals surface area contributed by atoms with Crippen LogP contribution in [0.3, 0.4) is 0 Å². The molecule has 0 bridgehead atoms. The van der Waals surface area contributed by atoms with E-state index in [2.05, 4.69) is 0 Å². The quantitative estimate of drug-likeness (QED) is 0.757. The van der Waals surface area contributed by atoms with Gasteiger partial charge in [0.1, 0.15) is 5.75 Å². The Bertz CT molecular complexity index is 590. The minimum absolute atomic E-state index is 0.294. The van der Waals surface area contributed by atoms with Crippen LogP contribution in [0.25, 0.3) is 0 Å². The largest absolute Gasteiger partial charge is 0.496 e. The zero-order valence-electron chi connectivity index (χ0n) is 9.92. The van der Waals surface area contributed by atoms with Gasteiger partial charge in [-0.1, -0.05) is 36.4 Å². The number of carbonyl (C=O) groups is 1. The lowest BCUT2D eigenvalue weighted by atomic mass is 9.98. The molecule has 1 atom stereocenters. The number of carbonyl (C=O) groups excluding carboxylic acids is 1. The zero-order valence-corrected chi connectivity index (χ0v) is 9.92. The Kier molecular flexibility index (Phi) is 2.52. The summed E-state index contributed by atoms with van der Waals surface area (Å²) in [7, 11) is 1.60. The molecule has 0 aromatic heterocycles. The van der Waals surface area contributed by atoms with Gasteiger partial charge in [-0.15, -0.1) is 0 Å². The number of fused-ring (bicyclic) bond motifs is 1. The number of rotatable bonds is 2. The zero-order chi connectivity index (χ0) is 12.5. The van der Waals surface area contributed by atoms with Gasteiger partial charge in [0.2, 0.25) is 0 Å². The van der Waals surface area contributed by atoms with Crippen molar-refractivity contribution in [3.05, 3.63) is 65.2 Å². The van der Waals surface area contributed by atoms with Crippen LogP contribution in [0.2, 0.25) is 0 Å². The van der Waals surface area contributed by atoms with Gasteiger partial charge in [-0.05, 0) is 17.7 Å². The fourth-order valence-corrected chi connectivity index (χ4v) is 2.26. The van der Waals surface area contributed by atoms with Gasteiger partial charge in [0, 0.05) is 0 Å². The summed E-state index contributed by atoms with van der Waals surface area (Å²) < 4.78 is 10.8. The fraction of sp³-hybridized carbons (Fsp3) is 0.133. The molecule has 3 rings (SSSR count). The topological polar surface area (TPSA) is 35.5 Å². The number of esters is 1. The molecule has 18 heavy (non-hydrogen) atoms. The van der Waals surface area contributed by atoms with Gasteiger partial charge in [-0.25, -0.2) is 4.79 Å². The highest BCUT2D eigenvalue weighted by atomic mass is 16.6. The summed E-state index contributed by atoms with van der Waals surface area (Å²) in [6.07, 6.45) is -0.371. The summed E-state index contributed by atoms with van der Waals surface area (Å²) >= 11 is 0. The van der Waals surface area contributed by atoms with Crippen molar-refractivity contribution >= 4 is 5.97 Å². The molecular weight excluding hydrogens is 228 g/mol. The van der Waals surface area contributed by atoms with E-state index in [1.54, 1.807) is 19.2 Å². The molecule has 3 nitrogen and oxygen atoms in total. The molecule has 2 aromatic rings. The Balaban J connectivity index is 2.16. The van der Waals surface area contributed by atoms with Crippen LogP contribution < -0.4 is 4.74 Å². The van der Waals surface area contributed by atoms with Gasteiger partial charge in [0.05, 0.1) is 18.2 Å². The highest BCUT2D eigenvalue weighted by Crippen LogP contribution is 2.41. The monoisotopic (exact) mass is 240 g/mol. The summed E-state index contributed by atoms with van der Waals surface area (Å²) in [5.41, 5.74) is 2.36. The summed E-state index contributed by atoms with van der Waals surface area (Å²) in [6.45, 7) is 0. The molecule has 0 saturated heterocycles. The van der Waals surface area contributed by atoms with Crippen LogP contribution in [0, 0.1) is 0 Å². The minimum Gasteiger partial charge on any atom is -0.496 e. The van der Waals surface area contributed by atoms with Crippen LogP contribution in [0.5, 0.6) is 5.75 Å². The lowest BCUT2D eigenvalue weighted by molar-refractivity contribution is 0.0454. The molecule has 0 aliphatic carbocycles. The minimum atomic E-state index is -0.371. The Labute approximate surface area is 105 Å². The molecule has 0 radical (unpaired) electrons. The Morgan fingerprint density at radius 3 is 2.56 bits per heavy atom. The van der Waals surface area contributed by atoms with Crippen LogP contribution in [-0.2, 0) is 4.74 Å². The van der Waals surface area contributed by atoms with Crippen LogP contribution in [0.15, 0.2) is 48.5 Å². The molecule has 90 valence electrons. The molecule has 2 aromatic carbocycles. The number of methoxy groups -OCH3 is 1. The second-order valence-corrected chi connectivity index (χ2v) is 4.12. The van der Waals surface area contributed by atoms with E-state index in [9.17, 15) is 4.79 Å². The molecule has 0 spiro atoms. The first-order valence-electron chi connectivity index (χ1n) is 5.74. The molecule has 1 heterocycles. The normalized spacial score (nSPS) is 17.2. The molecule has 3 heteroatoms. The average Bonchev–Trinajstić information content (AvgIpc) is 2.77. The second kappa shape index (κ2) is 4.18. The highest BCUT2D eigenvalue weighted by Gasteiger charge is 2.34. The van der Waals surface area contributed by atoms with E-state index in [4.69, 9.17) is 9.47 Å². The van der Waals surface area contributed by atoms with E-state index in [-0.39, 0.29) is 12.1 Å². The first kappa shape index (κ1) is 10.8. The van der Waals surface area contributed by atoms with Crippen molar-refractivity contribution in [2.45, 2.75) is 6.10 Å². The van der Waals surface area contributed by atoms with E-state index < -0.39 is 0 Å². The van der Waals surface area contributed by atoms with E-state index in [0.717, 1.165) is 11.1 Å². The molecule has 0 unspecified atom stereocenters. The number of benzene rings is 2. The number of cyclic esters (lactones) is 1. The maximum absolute atomic E-state index is 11.8. The smallest absolute Gasteiger partial charge is 0.339 e. The van der Waals surface area contributed by atoms with E-state index in [1.165, 1.54) is 0 Å². The van der Waals surface area contributed by atoms with E-state index in [0.29, 0.717) is 11.3 Å². The fourth-order valence-electron chi connectivity index (χ4n) is 2.26. The first-order valence-corrected chi connectivity index (χ1v) is 5.74. The standard InChI is InChI=1S/C15H12O3/c1-17-12-9-5-8-11-13(12)14(18-15(11)16)10-6-3-2-4-7-10/h2-9,14H,1H3/t14-/m1/s1. The van der Waals surface area contributed by atoms with Crippen LogP contribution in [0.4, 0.5) is 0 Å². The Morgan fingerprint density at radius 2 is 1.83 bits per heavy atom. The summed E-state index contributed by atoms with van der Waals surface area (Å²) in [5, 5.41) is 0. The van der Waals surface area contributed by atoms with E-state index >= 15 is 0 Å². The Hall–Kier alpha value is -2.29. The van der Waals surface area contributed by atoms with Crippen LogP contribution >= 0.6 is 0 Å². The van der Waals surface area contributed by atoms with Crippen molar-refractivity contribution in [3.8, 4) is 5.75 Å². The molecule has 0 fully saturated rings. The predicted octanol–water partition coefficient (Wildman–Crippen LogP) is 2.96.